The maximum atomic E-state index is 12.9. The summed E-state index contributed by atoms with van der Waals surface area (Å²) < 4.78 is 39.4. The Morgan fingerprint density at radius 3 is 1.16 bits per heavy atom. The quantitative estimate of drug-likeness (QED) is 0.0197. The van der Waals surface area contributed by atoms with Gasteiger partial charge in [0.05, 0.1) is 19.8 Å². The highest BCUT2D eigenvalue weighted by Gasteiger charge is 2.28. The van der Waals surface area contributed by atoms with Crippen molar-refractivity contribution in [1.82, 2.24) is 0 Å². The normalized spacial score (nSPS) is 14.0. The number of phosphoric ester groups is 1. The van der Waals surface area contributed by atoms with Crippen LogP contribution in [0.3, 0.4) is 0 Å². The highest BCUT2D eigenvalue weighted by Crippen LogP contribution is 2.43. The lowest BCUT2D eigenvalue weighted by molar-refractivity contribution is -0.161. The van der Waals surface area contributed by atoms with E-state index in [1.54, 1.807) is 0 Å². The molecule has 0 aromatic rings. The maximum absolute atomic E-state index is 12.9. The molecule has 2 N–H and O–H groups in total. The van der Waals surface area contributed by atoms with E-state index in [1.165, 1.54) is 70.6 Å². The molecule has 3 unspecified atom stereocenters. The fourth-order valence-electron chi connectivity index (χ4n) is 7.44. The summed E-state index contributed by atoms with van der Waals surface area (Å²) in [6.07, 6.45) is 57.2. The van der Waals surface area contributed by atoms with Crippen LogP contribution in [0.5, 0.6) is 0 Å². The van der Waals surface area contributed by atoms with Crippen LogP contribution in [0.1, 0.15) is 239 Å². The average Bonchev–Trinajstić information content (AvgIpc) is 3.35. The van der Waals surface area contributed by atoms with Crippen molar-refractivity contribution >= 4 is 25.7 Å². The molecule has 0 saturated heterocycles. The molecule has 0 rings (SSSR count). The van der Waals surface area contributed by atoms with E-state index < -0.39 is 57.8 Å². The van der Waals surface area contributed by atoms with Crippen LogP contribution >= 0.6 is 7.82 Å². The van der Waals surface area contributed by atoms with Crippen molar-refractivity contribution in [3.63, 3.8) is 0 Å². The van der Waals surface area contributed by atoms with Gasteiger partial charge < -0.3 is 24.2 Å². The van der Waals surface area contributed by atoms with Crippen LogP contribution in [0.2, 0.25) is 0 Å². The smallest absolute Gasteiger partial charge is 0.462 e. The van der Waals surface area contributed by atoms with Gasteiger partial charge in [0.15, 0.2) is 6.10 Å². The first-order valence-electron chi connectivity index (χ1n) is 27.8. The van der Waals surface area contributed by atoms with Crippen molar-refractivity contribution in [3.8, 4) is 0 Å². The first-order chi connectivity index (χ1) is 34.2. The Balaban J connectivity index is 4.75. The summed E-state index contributed by atoms with van der Waals surface area (Å²) in [4.78, 5) is 48.4. The van der Waals surface area contributed by atoms with Gasteiger partial charge in [0, 0.05) is 19.3 Å². The molecule has 0 fully saturated rings. The molecule has 3 atom stereocenters. The third-order valence-electron chi connectivity index (χ3n) is 11.6. The number of hydrogen-bond acceptors (Lipinski definition) is 10. The van der Waals surface area contributed by atoms with E-state index in [2.05, 4.69) is 93.7 Å². The zero-order chi connectivity index (χ0) is 51.3. The van der Waals surface area contributed by atoms with Gasteiger partial charge >= 0.3 is 25.7 Å². The number of hydrogen-bond donors (Lipinski definition) is 2. The van der Waals surface area contributed by atoms with E-state index in [-0.39, 0.29) is 25.9 Å². The topological polar surface area (TPSA) is 155 Å². The number of phosphoric acid groups is 1. The second-order valence-corrected chi connectivity index (χ2v) is 19.8. The molecule has 70 heavy (non-hydrogen) atoms. The number of allylic oxidation sites excluding steroid dienone is 12. The van der Waals surface area contributed by atoms with Crippen molar-refractivity contribution in [2.45, 2.75) is 251 Å². The first kappa shape index (κ1) is 66.9. The van der Waals surface area contributed by atoms with Gasteiger partial charge in [-0.05, 0) is 83.5 Å². The molecule has 0 saturated carbocycles. The molecule has 0 heterocycles. The number of aliphatic hydroxyl groups excluding tert-OH is 1. The summed E-state index contributed by atoms with van der Waals surface area (Å²) >= 11 is 0. The molecule has 0 aliphatic carbocycles. The van der Waals surface area contributed by atoms with Crippen LogP contribution in [-0.4, -0.2) is 66.5 Å². The number of aliphatic hydroxyl groups is 1. The van der Waals surface area contributed by atoms with Gasteiger partial charge in [0.1, 0.15) is 12.7 Å². The minimum absolute atomic E-state index is 0.129. The SMILES string of the molecule is CC/C=C\C/C=C\C/C=C\CCCCCCCCCC(=O)OCC(COP(=O)(O)OCC(CO)OC(=O)CCCCCCCCCCCCCCC)OC(=O)CCCCC/C=C\C/C=C\C/C=C\CC. The summed E-state index contributed by atoms with van der Waals surface area (Å²) in [5.41, 5.74) is 0. The van der Waals surface area contributed by atoms with Crippen molar-refractivity contribution in [3.05, 3.63) is 72.9 Å². The van der Waals surface area contributed by atoms with E-state index in [4.69, 9.17) is 23.3 Å². The van der Waals surface area contributed by atoms with Gasteiger partial charge in [-0.25, -0.2) is 4.57 Å². The number of rotatable bonds is 51. The third kappa shape index (κ3) is 49.9. The summed E-state index contributed by atoms with van der Waals surface area (Å²) in [5, 5.41) is 9.79. The number of esters is 3. The fraction of sp³-hybridized carbons (Fsp3) is 0.741. The maximum Gasteiger partial charge on any atom is 0.472 e. The van der Waals surface area contributed by atoms with E-state index in [0.717, 1.165) is 109 Å². The molecular weight excluding hydrogens is 904 g/mol. The Hall–Kier alpha value is -3.08. The van der Waals surface area contributed by atoms with Gasteiger partial charge in [-0.2, -0.15) is 0 Å². The van der Waals surface area contributed by atoms with Crippen molar-refractivity contribution in [2.75, 3.05) is 26.4 Å². The average molecular weight is 1010 g/mol. The lowest BCUT2D eigenvalue weighted by Gasteiger charge is -2.21. The molecule has 0 aromatic heterocycles. The summed E-state index contributed by atoms with van der Waals surface area (Å²) in [7, 11) is -4.75. The molecule has 0 bridgehead atoms. The number of unbranched alkanes of at least 4 members (excludes halogenated alkanes) is 22. The van der Waals surface area contributed by atoms with E-state index in [0.29, 0.717) is 19.3 Å². The Labute approximate surface area is 427 Å². The minimum atomic E-state index is -4.75. The van der Waals surface area contributed by atoms with Gasteiger partial charge in [0.25, 0.3) is 0 Å². The highest BCUT2D eigenvalue weighted by atomic mass is 31.2. The molecule has 12 heteroatoms. The van der Waals surface area contributed by atoms with Crippen molar-refractivity contribution in [2.24, 2.45) is 0 Å². The van der Waals surface area contributed by atoms with Crippen molar-refractivity contribution < 1.29 is 52.2 Å². The largest absolute Gasteiger partial charge is 0.472 e. The molecule has 0 amide bonds. The Morgan fingerprint density at radius 1 is 0.414 bits per heavy atom. The number of ether oxygens (including phenoxy) is 3. The second kappa shape index (κ2) is 52.2. The summed E-state index contributed by atoms with van der Waals surface area (Å²) in [6.45, 7) is 4.38. The highest BCUT2D eigenvalue weighted by molar-refractivity contribution is 7.47. The van der Waals surface area contributed by atoms with Crippen LogP contribution in [0.4, 0.5) is 0 Å². The number of carbonyl (C=O) groups is 3. The molecule has 0 aliphatic heterocycles. The zero-order valence-electron chi connectivity index (χ0n) is 44.5. The van der Waals surface area contributed by atoms with Crippen LogP contribution in [0, 0.1) is 0 Å². The van der Waals surface area contributed by atoms with Gasteiger partial charge in [-0.15, -0.1) is 0 Å². The molecule has 0 spiro atoms. The zero-order valence-corrected chi connectivity index (χ0v) is 45.4. The Morgan fingerprint density at radius 2 is 0.743 bits per heavy atom. The molecule has 404 valence electrons. The standard InChI is InChI=1S/C58H101O11P/c1-4-7-10-13-16-19-22-25-26-27-28-31-32-35-38-41-44-47-56(60)65-51-55(69-58(62)49-46-43-40-37-34-30-24-21-18-15-12-9-6-3)53-67-70(63,64)66-52-54(50-59)68-57(61)48-45-42-39-36-33-29-23-20-17-14-11-8-5-2/h7,9-10,12,16,18-19,21,25-26,30,34,54-55,59H,4-6,8,11,13-15,17,20,22-24,27-29,31-33,35-53H2,1-3H3,(H,63,64)/b10-7-,12-9-,19-16-,21-18-,26-25-,34-30-. The molecular formula is C58H101O11P. The molecule has 0 radical (unpaired) electrons. The van der Waals surface area contributed by atoms with Gasteiger partial charge in [0.2, 0.25) is 0 Å². The molecule has 0 aromatic carbocycles. The number of carbonyl (C=O) groups excluding carboxylic acids is 3. The minimum Gasteiger partial charge on any atom is -0.462 e. The van der Waals surface area contributed by atoms with Gasteiger partial charge in [-0.1, -0.05) is 209 Å². The fourth-order valence-corrected chi connectivity index (χ4v) is 8.23. The van der Waals surface area contributed by atoms with E-state index >= 15 is 0 Å². The van der Waals surface area contributed by atoms with Crippen LogP contribution in [0.15, 0.2) is 72.9 Å². The third-order valence-corrected chi connectivity index (χ3v) is 12.6. The predicted octanol–water partition coefficient (Wildman–Crippen LogP) is 16.1. The Bertz CT molecular complexity index is 1450. The predicted molar refractivity (Wildman–Crippen MR) is 288 cm³/mol. The van der Waals surface area contributed by atoms with Gasteiger partial charge in [-0.3, -0.25) is 23.4 Å². The van der Waals surface area contributed by atoms with E-state index in [9.17, 15) is 28.9 Å². The second-order valence-electron chi connectivity index (χ2n) is 18.3. The summed E-state index contributed by atoms with van der Waals surface area (Å²) in [6, 6.07) is 0. The van der Waals surface area contributed by atoms with Crippen molar-refractivity contribution in [1.29, 1.82) is 0 Å². The first-order valence-corrected chi connectivity index (χ1v) is 29.3. The lowest BCUT2D eigenvalue weighted by atomic mass is 10.0. The lowest BCUT2D eigenvalue weighted by Crippen LogP contribution is -2.30. The summed E-state index contributed by atoms with van der Waals surface area (Å²) in [5.74, 6) is -1.51. The molecule has 0 aliphatic rings. The van der Waals surface area contributed by atoms with Crippen LogP contribution in [-0.2, 0) is 42.2 Å². The van der Waals surface area contributed by atoms with E-state index in [1.807, 2.05) is 0 Å². The van der Waals surface area contributed by atoms with Crippen LogP contribution < -0.4 is 0 Å². The van der Waals surface area contributed by atoms with Crippen LogP contribution in [0.25, 0.3) is 0 Å². The molecule has 11 nitrogen and oxygen atoms in total. The Kier molecular flexibility index (Phi) is 50.0. The monoisotopic (exact) mass is 1000 g/mol.